The molecule has 1 aliphatic heterocycles. The number of likely N-dealkylation sites (tertiary alicyclic amines) is 1. The van der Waals surface area contributed by atoms with Crippen molar-refractivity contribution in [1.82, 2.24) is 4.90 Å². The van der Waals surface area contributed by atoms with Crippen molar-refractivity contribution < 1.29 is 24.6 Å². The molecule has 6 nitrogen and oxygen atoms in total. The molecule has 112 valence electrons. The Morgan fingerprint density at radius 3 is 2.15 bits per heavy atom. The van der Waals surface area contributed by atoms with Crippen LogP contribution in [0.25, 0.3) is 0 Å². The predicted octanol–water partition coefficient (Wildman–Crippen LogP) is 0.921. The molecule has 1 spiro atoms. The fourth-order valence-corrected chi connectivity index (χ4v) is 3.24. The third kappa shape index (κ3) is 2.85. The number of β-amino-alcohol motifs (C(OH)–C–C–N with tert-alkyl or cyclic N) is 1. The first-order valence-corrected chi connectivity index (χ1v) is 7.05. The van der Waals surface area contributed by atoms with E-state index in [-0.39, 0.29) is 30.1 Å². The average molecular weight is 283 g/mol. The molecule has 1 saturated heterocycles. The number of carboxylic acid groups (broad SMARTS) is 1. The minimum Gasteiger partial charge on any atom is -0.479 e. The molecule has 1 heterocycles. The van der Waals surface area contributed by atoms with Crippen LogP contribution in [0.3, 0.4) is 0 Å². The number of aliphatic hydroxyl groups is 1. The minimum absolute atomic E-state index is 0.224. The maximum absolute atomic E-state index is 12.2. The standard InChI is InChI=1S/C14H21NO5/c1-13(20,12(18)19)9-15-10(16)7-14(8-11(15)17)5-3-2-4-6-14/h20H,2-9H2,1H3,(H,18,19). The molecule has 6 heteroatoms. The zero-order chi connectivity index (χ0) is 15.0. The van der Waals surface area contributed by atoms with Crippen LogP contribution in [0.4, 0.5) is 0 Å². The van der Waals surface area contributed by atoms with Crippen LogP contribution in [0.15, 0.2) is 0 Å². The number of imide groups is 1. The quantitative estimate of drug-likeness (QED) is 0.751. The van der Waals surface area contributed by atoms with Gasteiger partial charge in [0.25, 0.3) is 0 Å². The van der Waals surface area contributed by atoms with E-state index in [9.17, 15) is 19.5 Å². The number of aliphatic carboxylic acids is 1. The minimum atomic E-state index is -2.09. The monoisotopic (exact) mass is 283 g/mol. The van der Waals surface area contributed by atoms with Gasteiger partial charge in [-0.25, -0.2) is 4.79 Å². The first-order chi connectivity index (χ1) is 9.26. The lowest BCUT2D eigenvalue weighted by atomic mass is 9.67. The molecule has 2 fully saturated rings. The van der Waals surface area contributed by atoms with Gasteiger partial charge in [-0.15, -0.1) is 0 Å². The van der Waals surface area contributed by atoms with E-state index in [1.54, 1.807) is 0 Å². The normalized spacial score (nSPS) is 25.6. The molecule has 1 atom stereocenters. The van der Waals surface area contributed by atoms with Crippen LogP contribution in [-0.2, 0) is 14.4 Å². The van der Waals surface area contributed by atoms with Crippen LogP contribution in [0.2, 0.25) is 0 Å². The van der Waals surface area contributed by atoms with Crippen LogP contribution in [-0.4, -0.2) is 45.0 Å². The van der Waals surface area contributed by atoms with Gasteiger partial charge in [-0.1, -0.05) is 19.3 Å². The van der Waals surface area contributed by atoms with Gasteiger partial charge >= 0.3 is 5.97 Å². The van der Waals surface area contributed by atoms with E-state index in [2.05, 4.69) is 0 Å². The van der Waals surface area contributed by atoms with E-state index >= 15 is 0 Å². The molecule has 20 heavy (non-hydrogen) atoms. The number of piperidine rings is 1. The summed E-state index contributed by atoms with van der Waals surface area (Å²) in [5.74, 6) is -2.15. The van der Waals surface area contributed by atoms with E-state index in [0.717, 1.165) is 43.9 Å². The van der Waals surface area contributed by atoms with E-state index in [4.69, 9.17) is 5.11 Å². The van der Waals surface area contributed by atoms with Gasteiger partial charge in [0.05, 0.1) is 6.54 Å². The summed E-state index contributed by atoms with van der Waals surface area (Å²) in [5, 5.41) is 18.6. The Morgan fingerprint density at radius 1 is 1.20 bits per heavy atom. The number of carbonyl (C=O) groups excluding carboxylic acids is 2. The predicted molar refractivity (Wildman–Crippen MR) is 69.7 cm³/mol. The highest BCUT2D eigenvalue weighted by Crippen LogP contribution is 2.45. The maximum Gasteiger partial charge on any atom is 0.337 e. The second-order valence-corrected chi connectivity index (χ2v) is 6.37. The summed E-state index contributed by atoms with van der Waals surface area (Å²) in [6.07, 6.45) is 5.55. The first kappa shape index (κ1) is 15.0. The SMILES string of the molecule is CC(O)(CN1C(=O)CC2(CCCCC2)CC1=O)C(=O)O. The molecule has 0 bridgehead atoms. The second kappa shape index (κ2) is 5.16. The maximum atomic E-state index is 12.2. The summed E-state index contributed by atoms with van der Waals surface area (Å²) in [5.41, 5.74) is -2.32. The number of rotatable bonds is 3. The van der Waals surface area contributed by atoms with Gasteiger partial charge in [0.2, 0.25) is 11.8 Å². The zero-order valence-corrected chi connectivity index (χ0v) is 11.7. The highest BCUT2D eigenvalue weighted by Gasteiger charge is 2.46. The number of hydrogen-bond acceptors (Lipinski definition) is 4. The van der Waals surface area contributed by atoms with Crippen LogP contribution in [0.5, 0.6) is 0 Å². The summed E-state index contributed by atoms with van der Waals surface area (Å²) in [7, 11) is 0. The Morgan fingerprint density at radius 2 is 1.70 bits per heavy atom. The van der Waals surface area contributed by atoms with E-state index in [1.165, 1.54) is 0 Å². The van der Waals surface area contributed by atoms with Crippen molar-refractivity contribution in [2.75, 3.05) is 6.54 Å². The Kier molecular flexibility index (Phi) is 3.86. The van der Waals surface area contributed by atoms with Crippen molar-refractivity contribution in [1.29, 1.82) is 0 Å². The number of nitrogens with zero attached hydrogens (tertiary/aromatic N) is 1. The third-order valence-corrected chi connectivity index (χ3v) is 4.50. The molecule has 1 saturated carbocycles. The van der Waals surface area contributed by atoms with Gasteiger partial charge in [0.15, 0.2) is 5.60 Å². The Bertz CT molecular complexity index is 417. The largest absolute Gasteiger partial charge is 0.479 e. The van der Waals surface area contributed by atoms with Crippen molar-refractivity contribution in [3.63, 3.8) is 0 Å². The number of carbonyl (C=O) groups is 3. The topological polar surface area (TPSA) is 94.9 Å². The molecule has 1 unspecified atom stereocenters. The van der Waals surface area contributed by atoms with E-state index < -0.39 is 18.1 Å². The molecule has 2 N–H and O–H groups in total. The van der Waals surface area contributed by atoms with Crippen molar-refractivity contribution in [3.8, 4) is 0 Å². The Balaban J connectivity index is 2.10. The molecule has 0 aromatic heterocycles. The highest BCUT2D eigenvalue weighted by atomic mass is 16.4. The summed E-state index contributed by atoms with van der Waals surface area (Å²) in [4.78, 5) is 36.2. The number of hydrogen-bond donors (Lipinski definition) is 2. The highest BCUT2D eigenvalue weighted by molar-refractivity contribution is 5.99. The smallest absolute Gasteiger partial charge is 0.337 e. The lowest BCUT2D eigenvalue weighted by Crippen LogP contribution is -2.55. The van der Waals surface area contributed by atoms with Gasteiger partial charge in [-0.05, 0) is 25.2 Å². The van der Waals surface area contributed by atoms with Crippen LogP contribution in [0, 0.1) is 5.41 Å². The molecule has 1 aliphatic carbocycles. The van der Waals surface area contributed by atoms with Crippen LogP contribution in [0.1, 0.15) is 51.9 Å². The summed E-state index contributed by atoms with van der Waals surface area (Å²) in [6.45, 7) is 0.622. The lowest BCUT2D eigenvalue weighted by molar-refractivity contribution is -0.166. The Labute approximate surface area is 117 Å². The second-order valence-electron chi connectivity index (χ2n) is 6.37. The van der Waals surface area contributed by atoms with Gasteiger partial charge in [-0.3, -0.25) is 14.5 Å². The fourth-order valence-electron chi connectivity index (χ4n) is 3.24. The number of carboxylic acids is 1. The van der Waals surface area contributed by atoms with E-state index in [0.29, 0.717) is 0 Å². The molecule has 2 aliphatic rings. The van der Waals surface area contributed by atoms with Crippen LogP contribution < -0.4 is 0 Å². The molecular weight excluding hydrogens is 262 g/mol. The molecular formula is C14H21NO5. The van der Waals surface area contributed by atoms with Crippen molar-refractivity contribution in [3.05, 3.63) is 0 Å². The summed E-state index contributed by atoms with van der Waals surface area (Å²) >= 11 is 0. The lowest BCUT2D eigenvalue weighted by Gasteiger charge is -2.43. The third-order valence-electron chi connectivity index (χ3n) is 4.50. The van der Waals surface area contributed by atoms with Gasteiger partial charge < -0.3 is 10.2 Å². The first-order valence-electron chi connectivity index (χ1n) is 7.05. The van der Waals surface area contributed by atoms with Gasteiger partial charge in [-0.2, -0.15) is 0 Å². The van der Waals surface area contributed by atoms with Crippen molar-refractivity contribution in [2.24, 2.45) is 5.41 Å². The van der Waals surface area contributed by atoms with Crippen LogP contribution >= 0.6 is 0 Å². The summed E-state index contributed by atoms with van der Waals surface area (Å²) < 4.78 is 0. The molecule has 0 radical (unpaired) electrons. The van der Waals surface area contributed by atoms with Crippen molar-refractivity contribution in [2.45, 2.75) is 57.5 Å². The molecule has 0 aromatic rings. The molecule has 0 aromatic carbocycles. The zero-order valence-electron chi connectivity index (χ0n) is 11.7. The average Bonchev–Trinajstić information content (AvgIpc) is 2.35. The fraction of sp³-hybridized carbons (Fsp3) is 0.786. The van der Waals surface area contributed by atoms with Gasteiger partial charge in [0.1, 0.15) is 0 Å². The van der Waals surface area contributed by atoms with E-state index in [1.807, 2.05) is 0 Å². The molecule has 2 amide bonds. The van der Waals surface area contributed by atoms with Crippen molar-refractivity contribution >= 4 is 17.8 Å². The summed E-state index contributed by atoms with van der Waals surface area (Å²) in [6, 6.07) is 0. The Hall–Kier alpha value is -1.43. The van der Waals surface area contributed by atoms with Gasteiger partial charge in [0, 0.05) is 12.8 Å². The molecule has 2 rings (SSSR count). The number of amides is 2.